The van der Waals surface area contributed by atoms with Crippen LogP contribution in [-0.2, 0) is 6.54 Å². The lowest BCUT2D eigenvalue weighted by atomic mass is 10.3. The lowest BCUT2D eigenvalue weighted by Gasteiger charge is -2.03. The van der Waals surface area contributed by atoms with Crippen molar-refractivity contribution in [2.24, 2.45) is 0 Å². The van der Waals surface area contributed by atoms with Crippen molar-refractivity contribution in [1.82, 2.24) is 14.5 Å². The molecule has 2 aromatic rings. The van der Waals surface area contributed by atoms with Crippen molar-refractivity contribution in [3.05, 3.63) is 42.1 Å². The predicted molar refractivity (Wildman–Crippen MR) is 59.1 cm³/mol. The van der Waals surface area contributed by atoms with Crippen LogP contribution in [0.1, 0.15) is 16.2 Å². The van der Waals surface area contributed by atoms with Gasteiger partial charge in [-0.2, -0.15) is 0 Å². The maximum Gasteiger partial charge on any atom is 0.356 e. The number of nitrogens with zero attached hydrogens (tertiary/aromatic N) is 3. The van der Waals surface area contributed by atoms with Gasteiger partial charge in [-0.1, -0.05) is 6.07 Å². The van der Waals surface area contributed by atoms with Crippen LogP contribution in [0.4, 0.5) is 0 Å². The van der Waals surface area contributed by atoms with Crippen LogP contribution in [0.5, 0.6) is 5.88 Å². The van der Waals surface area contributed by atoms with Crippen LogP contribution in [-0.4, -0.2) is 32.7 Å². The lowest BCUT2D eigenvalue weighted by Crippen LogP contribution is -2.01. The van der Waals surface area contributed by atoms with Crippen LogP contribution in [0.2, 0.25) is 0 Å². The fraction of sp³-hybridized carbons (Fsp3) is 0.182. The standard InChI is InChI=1S/C11H11N3O3/c1-17-10-4-2-3-8(13-10)5-14-6-9(11(15)16)12-7-14/h2-4,6-7H,5H2,1H3,(H,15,16). The monoisotopic (exact) mass is 233 g/mol. The Morgan fingerprint density at radius 3 is 3.00 bits per heavy atom. The molecule has 0 radical (unpaired) electrons. The molecule has 2 aromatic heterocycles. The molecule has 0 unspecified atom stereocenters. The molecule has 0 aromatic carbocycles. The smallest absolute Gasteiger partial charge is 0.356 e. The number of carbonyl (C=O) groups is 1. The number of carboxylic acids is 1. The average Bonchev–Trinajstić information content (AvgIpc) is 2.78. The Kier molecular flexibility index (Phi) is 3.04. The third-order valence-corrected chi connectivity index (χ3v) is 2.19. The highest BCUT2D eigenvalue weighted by atomic mass is 16.5. The molecule has 0 amide bonds. The number of carboxylic acid groups (broad SMARTS) is 1. The van der Waals surface area contributed by atoms with E-state index >= 15 is 0 Å². The minimum absolute atomic E-state index is 0.0212. The molecule has 1 N–H and O–H groups in total. The molecule has 0 aliphatic heterocycles. The van der Waals surface area contributed by atoms with E-state index in [0.717, 1.165) is 5.69 Å². The summed E-state index contributed by atoms with van der Waals surface area (Å²) in [5, 5.41) is 8.73. The molecule has 0 spiro atoms. The third kappa shape index (κ3) is 2.60. The van der Waals surface area contributed by atoms with E-state index in [9.17, 15) is 4.79 Å². The Morgan fingerprint density at radius 2 is 2.35 bits per heavy atom. The van der Waals surface area contributed by atoms with E-state index in [-0.39, 0.29) is 5.69 Å². The minimum Gasteiger partial charge on any atom is -0.481 e. The van der Waals surface area contributed by atoms with E-state index < -0.39 is 5.97 Å². The van der Waals surface area contributed by atoms with Gasteiger partial charge in [-0.25, -0.2) is 14.8 Å². The summed E-state index contributed by atoms with van der Waals surface area (Å²) < 4.78 is 6.66. The maximum atomic E-state index is 10.7. The molecule has 0 fully saturated rings. The second kappa shape index (κ2) is 4.65. The van der Waals surface area contributed by atoms with Crippen molar-refractivity contribution >= 4 is 5.97 Å². The number of methoxy groups -OCH3 is 1. The summed E-state index contributed by atoms with van der Waals surface area (Å²) >= 11 is 0. The van der Waals surface area contributed by atoms with Gasteiger partial charge in [-0.05, 0) is 6.07 Å². The SMILES string of the molecule is COc1cccc(Cn2cnc(C(=O)O)c2)n1. The Morgan fingerprint density at radius 1 is 1.53 bits per heavy atom. The number of imidazole rings is 1. The number of aromatic carboxylic acids is 1. The summed E-state index contributed by atoms with van der Waals surface area (Å²) in [5.74, 6) is -0.511. The Balaban J connectivity index is 2.16. The van der Waals surface area contributed by atoms with Gasteiger partial charge in [0.2, 0.25) is 5.88 Å². The molecule has 0 aliphatic rings. The molecule has 6 heteroatoms. The second-order valence-corrected chi connectivity index (χ2v) is 3.41. The van der Waals surface area contributed by atoms with Crippen molar-refractivity contribution in [3.8, 4) is 5.88 Å². The summed E-state index contributed by atoms with van der Waals surface area (Å²) in [6.45, 7) is 0.456. The summed E-state index contributed by atoms with van der Waals surface area (Å²) in [4.78, 5) is 18.6. The van der Waals surface area contributed by atoms with Crippen molar-refractivity contribution in [1.29, 1.82) is 0 Å². The van der Waals surface area contributed by atoms with E-state index in [4.69, 9.17) is 9.84 Å². The zero-order valence-corrected chi connectivity index (χ0v) is 9.20. The molecule has 0 saturated heterocycles. The Hall–Kier alpha value is -2.37. The minimum atomic E-state index is -1.04. The number of aromatic nitrogens is 3. The quantitative estimate of drug-likeness (QED) is 0.853. The number of pyridine rings is 1. The van der Waals surface area contributed by atoms with Gasteiger partial charge in [0, 0.05) is 12.3 Å². The highest BCUT2D eigenvalue weighted by Crippen LogP contribution is 2.08. The number of hydrogen-bond acceptors (Lipinski definition) is 4. The molecule has 0 saturated carbocycles. The first-order valence-corrected chi connectivity index (χ1v) is 4.94. The average molecular weight is 233 g/mol. The summed E-state index contributed by atoms with van der Waals surface area (Å²) in [6.07, 6.45) is 2.92. The second-order valence-electron chi connectivity index (χ2n) is 3.41. The molecular weight excluding hydrogens is 222 g/mol. The molecule has 17 heavy (non-hydrogen) atoms. The fourth-order valence-corrected chi connectivity index (χ4v) is 1.40. The van der Waals surface area contributed by atoms with Crippen LogP contribution in [0.3, 0.4) is 0 Å². The maximum absolute atomic E-state index is 10.7. The van der Waals surface area contributed by atoms with Gasteiger partial charge in [0.15, 0.2) is 5.69 Å². The number of rotatable bonds is 4. The van der Waals surface area contributed by atoms with E-state index in [2.05, 4.69) is 9.97 Å². The van der Waals surface area contributed by atoms with Gasteiger partial charge in [0.25, 0.3) is 0 Å². The van der Waals surface area contributed by atoms with Crippen molar-refractivity contribution in [2.75, 3.05) is 7.11 Å². The van der Waals surface area contributed by atoms with Crippen molar-refractivity contribution in [2.45, 2.75) is 6.54 Å². The Bertz CT molecular complexity index is 536. The van der Waals surface area contributed by atoms with Crippen LogP contribution in [0, 0.1) is 0 Å². The molecule has 0 atom stereocenters. The molecule has 2 rings (SSSR count). The molecule has 0 aliphatic carbocycles. The zero-order chi connectivity index (χ0) is 12.3. The van der Waals surface area contributed by atoms with E-state index in [1.807, 2.05) is 12.1 Å². The summed E-state index contributed by atoms with van der Waals surface area (Å²) in [6, 6.07) is 5.42. The normalized spacial score (nSPS) is 10.2. The fourth-order valence-electron chi connectivity index (χ4n) is 1.40. The number of hydrogen-bond donors (Lipinski definition) is 1. The molecule has 0 bridgehead atoms. The first-order valence-electron chi connectivity index (χ1n) is 4.94. The van der Waals surface area contributed by atoms with E-state index in [1.165, 1.54) is 12.5 Å². The third-order valence-electron chi connectivity index (χ3n) is 2.19. The van der Waals surface area contributed by atoms with E-state index in [0.29, 0.717) is 12.4 Å². The number of ether oxygens (including phenoxy) is 1. The van der Waals surface area contributed by atoms with Crippen LogP contribution < -0.4 is 4.74 Å². The van der Waals surface area contributed by atoms with Gasteiger partial charge in [-0.15, -0.1) is 0 Å². The van der Waals surface area contributed by atoms with Crippen LogP contribution in [0.15, 0.2) is 30.7 Å². The summed E-state index contributed by atoms with van der Waals surface area (Å²) in [7, 11) is 1.55. The molecular formula is C11H11N3O3. The molecule has 88 valence electrons. The van der Waals surface area contributed by atoms with Crippen molar-refractivity contribution < 1.29 is 14.6 Å². The highest BCUT2D eigenvalue weighted by molar-refractivity contribution is 5.84. The van der Waals surface area contributed by atoms with E-state index in [1.54, 1.807) is 17.7 Å². The van der Waals surface area contributed by atoms with Gasteiger partial charge in [0.05, 0.1) is 25.7 Å². The van der Waals surface area contributed by atoms with Gasteiger partial charge < -0.3 is 14.4 Å². The summed E-state index contributed by atoms with van der Waals surface area (Å²) in [5.41, 5.74) is 0.798. The van der Waals surface area contributed by atoms with Gasteiger partial charge in [-0.3, -0.25) is 0 Å². The van der Waals surface area contributed by atoms with Crippen LogP contribution >= 0.6 is 0 Å². The molecule has 6 nitrogen and oxygen atoms in total. The zero-order valence-electron chi connectivity index (χ0n) is 9.20. The van der Waals surface area contributed by atoms with Gasteiger partial charge >= 0.3 is 5.97 Å². The van der Waals surface area contributed by atoms with Crippen molar-refractivity contribution in [3.63, 3.8) is 0 Å². The van der Waals surface area contributed by atoms with Crippen LogP contribution in [0.25, 0.3) is 0 Å². The first-order chi connectivity index (χ1) is 8.19. The van der Waals surface area contributed by atoms with Gasteiger partial charge in [0.1, 0.15) is 0 Å². The predicted octanol–water partition coefficient (Wildman–Crippen LogP) is 1.03. The molecule has 2 heterocycles. The highest BCUT2D eigenvalue weighted by Gasteiger charge is 2.07. The topological polar surface area (TPSA) is 77.2 Å². The lowest BCUT2D eigenvalue weighted by molar-refractivity contribution is 0.0691. The first kappa shape index (κ1) is 11.1. The Labute approximate surface area is 97.5 Å². The largest absolute Gasteiger partial charge is 0.481 e.